The number of nitrogens with two attached hydrogens (primary N) is 1. The molecule has 1 atom stereocenters. The van der Waals surface area contributed by atoms with Crippen molar-refractivity contribution in [2.75, 3.05) is 76.3 Å². The zero-order chi connectivity index (χ0) is 44.7. The smallest absolute Gasteiger partial charge is 0.258 e. The number of phenols is 2. The van der Waals surface area contributed by atoms with Crippen LogP contribution in [-0.2, 0) is 35.7 Å². The van der Waals surface area contributed by atoms with Crippen molar-refractivity contribution in [3.05, 3.63) is 81.5 Å². The number of ether oxygens (including phenoxy) is 1. The number of piperazine rings is 1. The summed E-state index contributed by atoms with van der Waals surface area (Å²) in [6, 6.07) is 10.9. The van der Waals surface area contributed by atoms with Gasteiger partial charge >= 0.3 is 0 Å². The van der Waals surface area contributed by atoms with Gasteiger partial charge in [0.1, 0.15) is 11.5 Å². The summed E-state index contributed by atoms with van der Waals surface area (Å²) in [5.41, 5.74) is 10.2. The monoisotopic (exact) mass is 892 g/mol. The van der Waals surface area contributed by atoms with Crippen LogP contribution in [0.15, 0.2) is 48.8 Å². The number of anilines is 2. The molecule has 0 radical (unpaired) electrons. The summed E-state index contributed by atoms with van der Waals surface area (Å²) in [4.78, 5) is 56.7. The van der Waals surface area contributed by atoms with Gasteiger partial charge in [-0.05, 0) is 53.1 Å². The molecule has 7 heterocycles. The number of carbonyl (C=O) groups is 2. The van der Waals surface area contributed by atoms with Gasteiger partial charge in [-0.25, -0.2) is 19.9 Å². The number of aromatic nitrogens is 4. The number of nitrogens with zero attached hydrogens (tertiary/aromatic N) is 9. The molecule has 0 unspecified atom stereocenters. The van der Waals surface area contributed by atoms with E-state index in [4.69, 9.17) is 20.4 Å². The number of amides is 2. The summed E-state index contributed by atoms with van der Waals surface area (Å²) >= 11 is 1.64. The molecule has 18 heteroatoms. The molecular weight excluding hydrogens is 837 g/mol. The summed E-state index contributed by atoms with van der Waals surface area (Å²) in [6.07, 6.45) is 4.24. The van der Waals surface area contributed by atoms with E-state index in [1.807, 2.05) is 13.8 Å². The Hall–Kier alpha value is -5.50. The number of thiophene rings is 1. The van der Waals surface area contributed by atoms with Crippen molar-refractivity contribution in [1.29, 1.82) is 0 Å². The minimum absolute atomic E-state index is 0.00885. The van der Waals surface area contributed by atoms with Crippen molar-refractivity contribution in [2.24, 2.45) is 0 Å². The SMILES string of the molecule is CC(C)c1cc(C(=O)N2Cc3ccc(CN4CCC(O)(CC(=O)N5CCN(Cc6cc7nc(-c8cnc(N)nc8)nc(N8CCOCC8)c7s6)[C@H](CO)C5)CC4)cc3C2)c(O)cc1O. The lowest BCUT2D eigenvalue weighted by molar-refractivity contribution is -0.142. The van der Waals surface area contributed by atoms with E-state index in [2.05, 4.69) is 48.9 Å². The molecule has 4 aliphatic rings. The lowest BCUT2D eigenvalue weighted by Gasteiger charge is -2.43. The third-order valence-corrected chi connectivity index (χ3v) is 14.2. The van der Waals surface area contributed by atoms with Crippen molar-refractivity contribution < 1.29 is 34.8 Å². The Bertz CT molecular complexity index is 2520. The molecule has 5 aromatic rings. The van der Waals surface area contributed by atoms with Crippen LogP contribution < -0.4 is 10.6 Å². The normalized spacial score (nSPS) is 19.5. The van der Waals surface area contributed by atoms with Crippen LogP contribution in [0.3, 0.4) is 0 Å². The summed E-state index contributed by atoms with van der Waals surface area (Å²) in [5, 5.41) is 43.0. The Morgan fingerprint density at radius 3 is 2.39 bits per heavy atom. The number of hydrogen-bond acceptors (Lipinski definition) is 16. The number of aromatic hydroxyl groups is 2. The fourth-order valence-corrected chi connectivity index (χ4v) is 10.5. The maximum atomic E-state index is 13.8. The molecule has 17 nitrogen and oxygen atoms in total. The molecule has 64 heavy (non-hydrogen) atoms. The minimum Gasteiger partial charge on any atom is -0.508 e. The van der Waals surface area contributed by atoms with Gasteiger partial charge in [0, 0.05) is 95.3 Å². The third-order valence-electron chi connectivity index (χ3n) is 13.1. The molecule has 3 aromatic heterocycles. The van der Waals surface area contributed by atoms with Gasteiger partial charge in [-0.3, -0.25) is 19.4 Å². The van der Waals surface area contributed by atoms with Gasteiger partial charge in [0.2, 0.25) is 11.9 Å². The van der Waals surface area contributed by atoms with Crippen LogP contribution in [0.4, 0.5) is 11.8 Å². The van der Waals surface area contributed by atoms with E-state index < -0.39 is 5.60 Å². The van der Waals surface area contributed by atoms with Gasteiger partial charge in [-0.15, -0.1) is 11.3 Å². The number of benzene rings is 2. The van der Waals surface area contributed by atoms with E-state index in [0.29, 0.717) is 115 Å². The zero-order valence-corrected chi connectivity index (χ0v) is 37.1. The molecule has 3 fully saturated rings. The molecule has 2 aromatic carbocycles. The number of morpholine rings is 1. The summed E-state index contributed by atoms with van der Waals surface area (Å²) in [7, 11) is 0. The second-order valence-corrected chi connectivity index (χ2v) is 19.0. The molecule has 0 spiro atoms. The van der Waals surface area contributed by atoms with Crippen LogP contribution in [0.2, 0.25) is 0 Å². The number of aliphatic hydroxyl groups excluding tert-OH is 1. The predicted molar refractivity (Wildman–Crippen MR) is 242 cm³/mol. The van der Waals surface area contributed by atoms with Gasteiger partial charge in [0.05, 0.1) is 59.2 Å². The van der Waals surface area contributed by atoms with Crippen LogP contribution >= 0.6 is 11.3 Å². The highest BCUT2D eigenvalue weighted by Crippen LogP contribution is 2.37. The average molecular weight is 893 g/mol. The van der Waals surface area contributed by atoms with Crippen LogP contribution in [-0.4, -0.2) is 149 Å². The highest BCUT2D eigenvalue weighted by atomic mass is 32.1. The maximum Gasteiger partial charge on any atom is 0.258 e. The lowest BCUT2D eigenvalue weighted by atomic mass is 9.87. The van der Waals surface area contributed by atoms with E-state index in [1.165, 1.54) is 6.07 Å². The number of phenolic OH excluding ortho intramolecular Hbond substituents is 2. The molecule has 0 saturated carbocycles. The number of nitrogen functional groups attached to an aromatic ring is 1. The number of carbonyl (C=O) groups excluding carboxylic acids is 2. The molecule has 0 aliphatic carbocycles. The molecule has 4 aliphatic heterocycles. The zero-order valence-electron chi connectivity index (χ0n) is 36.3. The number of aliphatic hydroxyl groups is 2. The van der Waals surface area contributed by atoms with Gasteiger partial charge in [-0.1, -0.05) is 32.0 Å². The Labute approximate surface area is 375 Å². The van der Waals surface area contributed by atoms with Gasteiger partial charge in [0.25, 0.3) is 5.91 Å². The number of rotatable bonds is 11. The van der Waals surface area contributed by atoms with Crippen molar-refractivity contribution in [2.45, 2.75) is 76.8 Å². The number of piperidine rings is 1. The predicted octanol–water partition coefficient (Wildman–Crippen LogP) is 3.68. The van der Waals surface area contributed by atoms with Crippen LogP contribution in [0.5, 0.6) is 11.5 Å². The minimum atomic E-state index is -1.11. The van der Waals surface area contributed by atoms with Crippen LogP contribution in [0.25, 0.3) is 21.6 Å². The first-order valence-electron chi connectivity index (χ1n) is 22.1. The molecule has 338 valence electrons. The van der Waals surface area contributed by atoms with Crippen molar-refractivity contribution in [1.82, 2.24) is 39.5 Å². The van der Waals surface area contributed by atoms with Gasteiger partial charge in [-0.2, -0.15) is 0 Å². The number of likely N-dealkylation sites (tertiary alicyclic amines) is 1. The molecule has 2 amide bonds. The van der Waals surface area contributed by atoms with E-state index in [1.54, 1.807) is 39.6 Å². The third kappa shape index (κ3) is 9.21. The van der Waals surface area contributed by atoms with Crippen molar-refractivity contribution in [3.8, 4) is 22.9 Å². The van der Waals surface area contributed by atoms with Gasteiger partial charge < -0.3 is 45.6 Å². The van der Waals surface area contributed by atoms with Crippen LogP contribution in [0, 0.1) is 0 Å². The highest BCUT2D eigenvalue weighted by Gasteiger charge is 2.38. The molecular formula is C46H56N10O7S. The Morgan fingerprint density at radius 2 is 1.66 bits per heavy atom. The largest absolute Gasteiger partial charge is 0.508 e. The lowest BCUT2D eigenvalue weighted by Crippen LogP contribution is -2.57. The fraction of sp³-hybridized carbons (Fsp3) is 0.478. The van der Waals surface area contributed by atoms with Crippen LogP contribution in [0.1, 0.15) is 76.5 Å². The standard InChI is InChI=1S/C46H56N10O7S/c1-28(2)35-17-36(39(59)18-38(35)58)44(61)56-23-30-4-3-29(15-31(30)24-56)22-52-7-5-46(62,6-8-52)19-40(60)55-10-9-54(33(25-55)27-57)26-34-16-37-41(64-34)43(53-11-13-63-14-12-53)51-42(50-37)32-20-48-45(47)49-21-32/h3-4,15-18,20-21,28,33,57-59,62H,5-14,19,22-27H2,1-2H3,(H2,47,48,49)/t33-/m0/s1. The first-order valence-corrected chi connectivity index (χ1v) is 22.9. The second-order valence-electron chi connectivity index (χ2n) is 17.9. The topological polar surface area (TPSA) is 218 Å². The Balaban J connectivity index is 0.783. The molecule has 9 rings (SSSR count). The second kappa shape index (κ2) is 18.2. The summed E-state index contributed by atoms with van der Waals surface area (Å²) in [6.45, 7) is 11.3. The number of hydrogen-bond donors (Lipinski definition) is 5. The first kappa shape index (κ1) is 43.7. The van der Waals surface area contributed by atoms with E-state index in [0.717, 1.165) is 37.6 Å². The first-order chi connectivity index (χ1) is 30.8. The van der Waals surface area contributed by atoms with Crippen molar-refractivity contribution >= 4 is 45.1 Å². The van der Waals surface area contributed by atoms with E-state index >= 15 is 0 Å². The Morgan fingerprint density at radius 1 is 0.906 bits per heavy atom. The fourth-order valence-electron chi connectivity index (χ4n) is 9.36. The van der Waals surface area contributed by atoms with E-state index in [-0.39, 0.29) is 59.8 Å². The quantitative estimate of drug-likeness (QED) is 0.128. The molecule has 6 N–H and O–H groups in total. The average Bonchev–Trinajstić information content (AvgIpc) is 3.91. The molecule has 0 bridgehead atoms. The van der Waals surface area contributed by atoms with Crippen molar-refractivity contribution in [3.63, 3.8) is 0 Å². The number of fused-ring (bicyclic) bond motifs is 2. The summed E-state index contributed by atoms with van der Waals surface area (Å²) < 4.78 is 6.60. The highest BCUT2D eigenvalue weighted by molar-refractivity contribution is 7.19. The summed E-state index contributed by atoms with van der Waals surface area (Å²) in [5.74, 6) is 0.900. The Kier molecular flexibility index (Phi) is 12.4. The molecule has 3 saturated heterocycles. The van der Waals surface area contributed by atoms with E-state index in [9.17, 15) is 30.0 Å². The van der Waals surface area contributed by atoms with Gasteiger partial charge in [0.15, 0.2) is 11.6 Å². The maximum absolute atomic E-state index is 13.8.